The molecule has 0 spiro atoms. The minimum absolute atomic E-state index is 0.221. The van der Waals surface area contributed by atoms with Gasteiger partial charge in [0, 0.05) is 0 Å². The largest absolute Gasteiger partial charge is 0.351 e. The summed E-state index contributed by atoms with van der Waals surface area (Å²) in [6.45, 7) is 1.51. The fourth-order valence-electron chi connectivity index (χ4n) is 4.61. The van der Waals surface area contributed by atoms with Gasteiger partial charge in [0.25, 0.3) is 0 Å². The Balaban J connectivity index is 1.51. The van der Waals surface area contributed by atoms with Crippen molar-refractivity contribution in [1.82, 2.24) is 0 Å². The Bertz CT molecular complexity index is 868. The molecule has 5 heteroatoms. The molecule has 0 heterocycles. The Labute approximate surface area is 278 Å². The van der Waals surface area contributed by atoms with Crippen molar-refractivity contribution in [3.63, 3.8) is 0 Å². The van der Waals surface area contributed by atoms with Gasteiger partial charge < -0.3 is 14.2 Å². The molecule has 0 fully saturated rings. The lowest BCUT2D eigenvalue weighted by Crippen LogP contribution is -2.05. The highest BCUT2D eigenvalue weighted by Crippen LogP contribution is 2.13. The zero-order valence-electron chi connectivity index (χ0n) is 25.1. The quantitative estimate of drug-likeness (QED) is 0.0411. The van der Waals surface area contributed by atoms with E-state index in [0.29, 0.717) is 13.2 Å². The Kier molecular flexibility index (Phi) is 23.9. The summed E-state index contributed by atoms with van der Waals surface area (Å²) in [4.78, 5) is 0. The van der Waals surface area contributed by atoms with Crippen molar-refractivity contribution in [2.24, 2.45) is 0 Å². The summed E-state index contributed by atoms with van der Waals surface area (Å²) in [6, 6.07) is 17.0. The van der Waals surface area contributed by atoms with E-state index in [-0.39, 0.29) is 13.6 Å². The molecule has 41 heavy (non-hydrogen) atoms. The van der Waals surface area contributed by atoms with Crippen LogP contribution in [0.3, 0.4) is 0 Å². The summed E-state index contributed by atoms with van der Waals surface area (Å²) in [5.41, 5.74) is 4.77. The van der Waals surface area contributed by atoms with Crippen LogP contribution in [0, 0.1) is 0 Å². The third-order valence-electron chi connectivity index (χ3n) is 6.90. The predicted molar refractivity (Wildman–Crippen MR) is 194 cm³/mol. The van der Waals surface area contributed by atoms with Crippen LogP contribution in [0.2, 0.25) is 0 Å². The molecule has 0 aromatic heterocycles. The number of rotatable bonds is 26. The molecule has 2 aromatic rings. The minimum Gasteiger partial charge on any atom is -0.351 e. The van der Waals surface area contributed by atoms with Gasteiger partial charge in [0.2, 0.25) is 0 Å². The minimum atomic E-state index is 0.221. The average Bonchev–Trinajstić information content (AvgIpc) is 2.99. The van der Waals surface area contributed by atoms with E-state index in [1.807, 2.05) is 0 Å². The number of alkyl halides is 2. The first kappa shape index (κ1) is 36.5. The van der Waals surface area contributed by atoms with Crippen molar-refractivity contribution in [3.8, 4) is 0 Å². The number of allylic oxidation sites excluding steroid dienone is 2. The molecule has 0 radical (unpaired) electrons. The molecule has 228 valence electrons. The normalized spacial score (nSPS) is 11.8. The zero-order chi connectivity index (χ0) is 29.1. The summed E-state index contributed by atoms with van der Waals surface area (Å²) in [5.74, 6) is 0. The van der Waals surface area contributed by atoms with Gasteiger partial charge in [-0.3, -0.25) is 0 Å². The van der Waals surface area contributed by atoms with Crippen molar-refractivity contribution < 1.29 is 14.2 Å². The maximum Gasteiger partial charge on any atom is 0.150 e. The highest BCUT2D eigenvalue weighted by Gasteiger charge is 1.98. The van der Waals surface area contributed by atoms with Gasteiger partial charge in [0.1, 0.15) is 13.6 Å². The molecule has 0 aliphatic carbocycles. The van der Waals surface area contributed by atoms with Crippen molar-refractivity contribution in [2.75, 3.05) is 22.4 Å². The molecule has 2 rings (SSSR count). The van der Waals surface area contributed by atoms with E-state index in [9.17, 15) is 0 Å². The fourth-order valence-corrected chi connectivity index (χ4v) is 5.69. The van der Waals surface area contributed by atoms with Crippen LogP contribution in [-0.4, -0.2) is 22.4 Å². The molecule has 3 nitrogen and oxygen atoms in total. The lowest BCUT2D eigenvalue weighted by atomic mass is 10.1. The molecule has 0 amide bonds. The van der Waals surface area contributed by atoms with Crippen LogP contribution in [0.5, 0.6) is 0 Å². The van der Waals surface area contributed by atoms with Crippen LogP contribution in [0.15, 0.2) is 60.7 Å². The van der Waals surface area contributed by atoms with Crippen molar-refractivity contribution in [2.45, 2.75) is 103 Å². The molecule has 0 aliphatic heterocycles. The topological polar surface area (TPSA) is 27.7 Å². The van der Waals surface area contributed by atoms with Crippen molar-refractivity contribution in [3.05, 3.63) is 82.9 Å². The number of hydrogen-bond donors (Lipinski definition) is 0. The van der Waals surface area contributed by atoms with E-state index in [0.717, 1.165) is 24.0 Å². The lowest BCUT2D eigenvalue weighted by Gasteiger charge is -2.08. The molecule has 0 aliphatic rings. The predicted octanol–water partition coefficient (Wildman–Crippen LogP) is 11.7. The third-order valence-corrected chi connectivity index (χ3v) is 8.43. The van der Waals surface area contributed by atoms with E-state index in [1.54, 1.807) is 0 Å². The van der Waals surface area contributed by atoms with Gasteiger partial charge in [-0.05, 0) is 81.8 Å². The van der Waals surface area contributed by atoms with E-state index >= 15 is 0 Å². The zero-order valence-corrected chi connectivity index (χ0v) is 29.4. The standard InChI is InChI=1S/C36H52I2O3/c37-25-15-11-7-3-1-5-9-13-19-33-21-17-23-35(27-33)29-39-31-41-32-40-30-36-24-18-22-34(28-36)20-14-10-6-2-4-8-12-16-26-38/h13-14,17-24,27-28H,1-12,15-16,25-26,29-32H2. The van der Waals surface area contributed by atoms with E-state index in [4.69, 9.17) is 14.2 Å². The first-order valence-corrected chi connectivity index (χ1v) is 18.7. The Morgan fingerprint density at radius 1 is 0.488 bits per heavy atom. The molecular weight excluding hydrogens is 734 g/mol. The first-order valence-electron chi connectivity index (χ1n) is 15.7. The van der Waals surface area contributed by atoms with E-state index in [1.165, 1.54) is 97.0 Å². The van der Waals surface area contributed by atoms with Gasteiger partial charge in [-0.15, -0.1) is 0 Å². The molecule has 2 aromatic carbocycles. The Morgan fingerprint density at radius 2 is 0.902 bits per heavy atom. The van der Waals surface area contributed by atoms with Gasteiger partial charge in [-0.25, -0.2) is 0 Å². The molecule has 0 atom stereocenters. The number of halogens is 2. The lowest BCUT2D eigenvalue weighted by molar-refractivity contribution is -0.139. The summed E-state index contributed by atoms with van der Waals surface area (Å²) in [5, 5.41) is 0. The summed E-state index contributed by atoms with van der Waals surface area (Å²) >= 11 is 4.94. The molecule has 0 unspecified atom stereocenters. The van der Waals surface area contributed by atoms with Crippen LogP contribution in [0.25, 0.3) is 12.2 Å². The first-order chi connectivity index (χ1) is 20.3. The van der Waals surface area contributed by atoms with Crippen LogP contribution < -0.4 is 0 Å². The summed E-state index contributed by atoms with van der Waals surface area (Å²) < 4.78 is 19.5. The molecule has 0 N–H and O–H groups in total. The number of benzene rings is 2. The van der Waals surface area contributed by atoms with Gasteiger partial charge in [0.15, 0.2) is 0 Å². The molecule has 0 bridgehead atoms. The molecular formula is C36H52I2O3. The van der Waals surface area contributed by atoms with E-state index in [2.05, 4.69) is 118 Å². The molecule has 0 saturated heterocycles. The second kappa shape index (κ2) is 26.9. The highest BCUT2D eigenvalue weighted by molar-refractivity contribution is 14.1. The van der Waals surface area contributed by atoms with Gasteiger partial charge in [0.05, 0.1) is 13.2 Å². The van der Waals surface area contributed by atoms with Crippen LogP contribution in [-0.2, 0) is 27.4 Å². The highest BCUT2D eigenvalue weighted by atomic mass is 127. The second-order valence-electron chi connectivity index (χ2n) is 10.6. The Morgan fingerprint density at radius 3 is 1.34 bits per heavy atom. The second-order valence-corrected chi connectivity index (χ2v) is 12.8. The summed E-state index contributed by atoms with van der Waals surface area (Å²) in [6.07, 6.45) is 27.6. The monoisotopic (exact) mass is 786 g/mol. The summed E-state index contributed by atoms with van der Waals surface area (Å²) in [7, 11) is 0. The SMILES string of the molecule is ICCCCCCCCC=Cc1cccc(COCOCOCc2cccc(C=CCCCCCCCCI)c2)c1. The number of unbranched alkanes of at least 4 members (excludes halogenated alkanes) is 12. The van der Waals surface area contributed by atoms with Gasteiger partial charge in [-0.2, -0.15) is 0 Å². The molecule has 0 saturated carbocycles. The van der Waals surface area contributed by atoms with Crippen LogP contribution in [0.4, 0.5) is 0 Å². The maximum atomic E-state index is 5.70. The smallest absolute Gasteiger partial charge is 0.150 e. The maximum absolute atomic E-state index is 5.70. The number of ether oxygens (including phenoxy) is 3. The van der Waals surface area contributed by atoms with Crippen molar-refractivity contribution >= 4 is 57.3 Å². The van der Waals surface area contributed by atoms with Crippen LogP contribution in [0.1, 0.15) is 112 Å². The Hall–Kier alpha value is -0.740. The average molecular weight is 787 g/mol. The van der Waals surface area contributed by atoms with Gasteiger partial charge in [-0.1, -0.05) is 157 Å². The third kappa shape index (κ3) is 20.7. The fraction of sp³-hybridized carbons (Fsp3) is 0.556. The number of hydrogen-bond acceptors (Lipinski definition) is 3. The van der Waals surface area contributed by atoms with E-state index < -0.39 is 0 Å². The van der Waals surface area contributed by atoms with Crippen LogP contribution >= 0.6 is 45.2 Å². The van der Waals surface area contributed by atoms with Crippen molar-refractivity contribution in [1.29, 1.82) is 0 Å². The van der Waals surface area contributed by atoms with Gasteiger partial charge >= 0.3 is 0 Å².